The third-order valence-corrected chi connectivity index (χ3v) is 2.93. The van der Waals surface area contributed by atoms with Gasteiger partial charge in [-0.3, -0.25) is 0 Å². The molecular weight excluding hydrogens is 194 g/mol. The summed E-state index contributed by atoms with van der Waals surface area (Å²) in [4.78, 5) is 0. The summed E-state index contributed by atoms with van der Waals surface area (Å²) in [7, 11) is 0. The van der Waals surface area contributed by atoms with Gasteiger partial charge in [-0.15, -0.1) is 0 Å². The van der Waals surface area contributed by atoms with E-state index in [0.717, 1.165) is 6.54 Å². The summed E-state index contributed by atoms with van der Waals surface area (Å²) in [6.45, 7) is 6.70. The van der Waals surface area contributed by atoms with Crippen LogP contribution in [0.2, 0.25) is 0 Å². The van der Waals surface area contributed by atoms with Gasteiger partial charge in [-0.1, -0.05) is 64.0 Å². The van der Waals surface area contributed by atoms with Crippen molar-refractivity contribution < 1.29 is 0 Å². The molecule has 0 aliphatic carbocycles. The van der Waals surface area contributed by atoms with Gasteiger partial charge in [0.25, 0.3) is 0 Å². The van der Waals surface area contributed by atoms with Crippen molar-refractivity contribution in [3.63, 3.8) is 0 Å². The first-order chi connectivity index (χ1) is 7.91. The van der Waals surface area contributed by atoms with Crippen molar-refractivity contribution in [3.8, 4) is 0 Å². The molecule has 0 aromatic carbocycles. The second-order valence-electron chi connectivity index (χ2n) is 4.58. The fourth-order valence-corrected chi connectivity index (χ4v) is 1.86. The van der Waals surface area contributed by atoms with Gasteiger partial charge in [0, 0.05) is 0 Å². The van der Waals surface area contributed by atoms with Crippen molar-refractivity contribution in [1.29, 1.82) is 0 Å². The maximum atomic E-state index is 3.48. The van der Waals surface area contributed by atoms with Gasteiger partial charge in [-0.25, -0.2) is 0 Å². The van der Waals surface area contributed by atoms with Gasteiger partial charge in [0.15, 0.2) is 0 Å². The van der Waals surface area contributed by atoms with E-state index in [9.17, 15) is 0 Å². The predicted molar refractivity (Wildman–Crippen MR) is 74.9 cm³/mol. The van der Waals surface area contributed by atoms with E-state index < -0.39 is 0 Å². The van der Waals surface area contributed by atoms with Gasteiger partial charge in [-0.05, 0) is 32.9 Å². The predicted octanol–water partition coefficient (Wildman–Crippen LogP) is 4.68. The normalized spacial score (nSPS) is 11.4. The monoisotopic (exact) mass is 225 g/mol. The molecule has 0 fully saturated rings. The summed E-state index contributed by atoms with van der Waals surface area (Å²) in [6.07, 6.45) is 16.8. The highest BCUT2D eigenvalue weighted by Crippen LogP contribution is 2.07. The first-order valence-electron chi connectivity index (χ1n) is 7.23. The van der Waals surface area contributed by atoms with Crippen LogP contribution >= 0.6 is 0 Å². The summed E-state index contributed by atoms with van der Waals surface area (Å²) in [5.74, 6) is 0. The lowest BCUT2D eigenvalue weighted by atomic mass is 10.1. The first-order valence-corrected chi connectivity index (χ1v) is 7.23. The molecule has 0 aliphatic heterocycles. The van der Waals surface area contributed by atoms with Crippen molar-refractivity contribution >= 4 is 0 Å². The average molecular weight is 225 g/mol. The molecule has 0 bridgehead atoms. The molecule has 0 aromatic rings. The van der Waals surface area contributed by atoms with Crippen LogP contribution in [0.15, 0.2) is 12.2 Å². The second-order valence-corrected chi connectivity index (χ2v) is 4.58. The SMILES string of the molecule is CC=CCCNCCCCCCCCCC. The van der Waals surface area contributed by atoms with Crippen molar-refractivity contribution in [2.75, 3.05) is 13.1 Å². The first kappa shape index (κ1) is 15.7. The summed E-state index contributed by atoms with van der Waals surface area (Å²) in [5, 5.41) is 3.48. The Bertz CT molecular complexity index is 140. The van der Waals surface area contributed by atoms with Crippen molar-refractivity contribution in [2.24, 2.45) is 0 Å². The Hall–Kier alpha value is -0.300. The fraction of sp³-hybridized carbons (Fsp3) is 0.867. The van der Waals surface area contributed by atoms with Crippen LogP contribution in [0.4, 0.5) is 0 Å². The topological polar surface area (TPSA) is 12.0 Å². The summed E-state index contributed by atoms with van der Waals surface area (Å²) < 4.78 is 0. The van der Waals surface area contributed by atoms with Crippen LogP contribution in [0.25, 0.3) is 0 Å². The van der Waals surface area contributed by atoms with E-state index in [-0.39, 0.29) is 0 Å². The molecule has 1 N–H and O–H groups in total. The molecule has 0 amide bonds. The zero-order chi connectivity index (χ0) is 11.9. The van der Waals surface area contributed by atoms with Gasteiger partial charge in [0.05, 0.1) is 0 Å². The molecule has 0 aromatic heterocycles. The Morgan fingerprint density at radius 3 is 2.06 bits per heavy atom. The van der Waals surface area contributed by atoms with Crippen LogP contribution in [0, 0.1) is 0 Å². The highest BCUT2D eigenvalue weighted by atomic mass is 14.8. The molecule has 16 heavy (non-hydrogen) atoms. The molecule has 0 saturated carbocycles. The Balaban J connectivity index is 2.88. The number of nitrogens with one attached hydrogen (secondary N) is 1. The molecule has 0 heterocycles. The van der Waals surface area contributed by atoms with Gasteiger partial charge in [0.1, 0.15) is 0 Å². The van der Waals surface area contributed by atoms with Crippen LogP contribution < -0.4 is 5.32 Å². The molecule has 0 spiro atoms. The molecule has 96 valence electrons. The standard InChI is InChI=1S/C15H31N/c1-3-5-7-8-9-10-11-13-15-16-14-12-6-4-2/h4,6,16H,3,5,7-15H2,1-2H3. The molecule has 0 radical (unpaired) electrons. The van der Waals surface area contributed by atoms with E-state index in [1.165, 1.54) is 64.3 Å². The molecule has 0 aliphatic rings. The van der Waals surface area contributed by atoms with Crippen molar-refractivity contribution in [1.82, 2.24) is 5.32 Å². The zero-order valence-corrected chi connectivity index (χ0v) is 11.4. The van der Waals surface area contributed by atoms with Crippen LogP contribution in [0.3, 0.4) is 0 Å². The number of hydrogen-bond acceptors (Lipinski definition) is 1. The lowest BCUT2D eigenvalue weighted by Crippen LogP contribution is -2.15. The molecule has 1 nitrogen and oxygen atoms in total. The Kier molecular flexibility index (Phi) is 14.4. The lowest BCUT2D eigenvalue weighted by molar-refractivity contribution is 0.556. The van der Waals surface area contributed by atoms with Gasteiger partial charge >= 0.3 is 0 Å². The minimum atomic E-state index is 1.14. The summed E-state index contributed by atoms with van der Waals surface area (Å²) in [6, 6.07) is 0. The Morgan fingerprint density at radius 1 is 0.812 bits per heavy atom. The molecular formula is C15H31N. The average Bonchev–Trinajstić information content (AvgIpc) is 2.31. The fourth-order valence-electron chi connectivity index (χ4n) is 1.86. The quantitative estimate of drug-likeness (QED) is 0.375. The van der Waals surface area contributed by atoms with Crippen LogP contribution in [-0.4, -0.2) is 13.1 Å². The van der Waals surface area contributed by atoms with E-state index in [1.807, 2.05) is 0 Å². The minimum Gasteiger partial charge on any atom is -0.316 e. The second kappa shape index (κ2) is 14.7. The molecule has 1 heteroatoms. The summed E-state index contributed by atoms with van der Waals surface area (Å²) >= 11 is 0. The molecule has 0 rings (SSSR count). The van der Waals surface area contributed by atoms with Gasteiger partial charge in [-0.2, -0.15) is 0 Å². The maximum absolute atomic E-state index is 3.48. The van der Waals surface area contributed by atoms with E-state index in [0.29, 0.717) is 0 Å². The number of unbranched alkanes of at least 4 members (excludes halogenated alkanes) is 7. The third-order valence-electron chi connectivity index (χ3n) is 2.93. The number of rotatable bonds is 12. The Morgan fingerprint density at radius 2 is 1.44 bits per heavy atom. The highest BCUT2D eigenvalue weighted by Gasteiger charge is 1.91. The number of hydrogen-bond donors (Lipinski definition) is 1. The van der Waals surface area contributed by atoms with Crippen LogP contribution in [-0.2, 0) is 0 Å². The number of allylic oxidation sites excluding steroid dienone is 1. The highest BCUT2D eigenvalue weighted by molar-refractivity contribution is 4.77. The smallest absolute Gasteiger partial charge is 0.00143 e. The molecule has 0 unspecified atom stereocenters. The largest absolute Gasteiger partial charge is 0.316 e. The van der Waals surface area contributed by atoms with Crippen LogP contribution in [0.1, 0.15) is 71.6 Å². The van der Waals surface area contributed by atoms with E-state index >= 15 is 0 Å². The van der Waals surface area contributed by atoms with E-state index in [1.54, 1.807) is 0 Å². The van der Waals surface area contributed by atoms with Crippen molar-refractivity contribution in [3.05, 3.63) is 12.2 Å². The zero-order valence-electron chi connectivity index (χ0n) is 11.4. The van der Waals surface area contributed by atoms with Crippen LogP contribution in [0.5, 0.6) is 0 Å². The van der Waals surface area contributed by atoms with Crippen molar-refractivity contribution in [2.45, 2.75) is 71.6 Å². The Labute approximate surface area is 103 Å². The third kappa shape index (κ3) is 13.7. The lowest BCUT2D eigenvalue weighted by Gasteiger charge is -2.03. The van der Waals surface area contributed by atoms with E-state index in [4.69, 9.17) is 0 Å². The summed E-state index contributed by atoms with van der Waals surface area (Å²) in [5.41, 5.74) is 0. The van der Waals surface area contributed by atoms with Gasteiger partial charge < -0.3 is 5.32 Å². The minimum absolute atomic E-state index is 1.14. The van der Waals surface area contributed by atoms with Gasteiger partial charge in [0.2, 0.25) is 0 Å². The van der Waals surface area contributed by atoms with E-state index in [2.05, 4.69) is 31.3 Å². The molecule has 0 atom stereocenters. The molecule has 0 saturated heterocycles. The maximum Gasteiger partial charge on any atom is -0.00143 e.